The normalized spacial score (nSPS) is 8.29. The largest absolute Gasteiger partial charge is 2.00 e. The molecule has 0 aliphatic carbocycles. The van der Waals surface area contributed by atoms with E-state index in [1.807, 2.05) is 0 Å². The first-order valence-electron chi connectivity index (χ1n) is 0.667. The van der Waals surface area contributed by atoms with Gasteiger partial charge in [-0.1, -0.05) is 0 Å². The van der Waals surface area contributed by atoms with Crippen LogP contribution in [0.2, 0.25) is 0 Å². The second-order valence-electron chi connectivity index (χ2n) is 0.408. The minimum absolute atomic E-state index is 0. The van der Waals surface area contributed by atoms with Gasteiger partial charge in [-0.15, -0.1) is 0 Å². The molecule has 7 heavy (non-hydrogen) atoms. The van der Waals surface area contributed by atoms with Crippen molar-refractivity contribution in [1.29, 1.82) is 0 Å². The molecule has 51 valence electrons. The minimum atomic E-state index is -5.17. The Morgan fingerprint density at radius 1 is 1.14 bits per heavy atom. The Hall–Kier alpha value is 0.883. The first kappa shape index (κ1) is 15.7. The molecule has 0 amide bonds. The zero-order chi connectivity index (χ0) is 4.50. The van der Waals surface area contributed by atoms with Gasteiger partial charge in [0.2, 0.25) is 0 Å². The van der Waals surface area contributed by atoms with E-state index in [0.29, 0.717) is 0 Å². The SMILES string of the molecule is O=S(=O)([O-])[O-].[Cu].[Ni+2]. The van der Waals surface area contributed by atoms with Gasteiger partial charge in [0.05, 0.1) is 0 Å². The molecule has 0 aromatic carbocycles. The summed E-state index contributed by atoms with van der Waals surface area (Å²) in [5.41, 5.74) is 0. The van der Waals surface area contributed by atoms with Gasteiger partial charge in [0, 0.05) is 27.5 Å². The first-order chi connectivity index (χ1) is 2.00. The maximum atomic E-state index is 8.52. The van der Waals surface area contributed by atoms with E-state index in [0.717, 1.165) is 0 Å². The second kappa shape index (κ2) is 5.03. The Labute approximate surface area is 61.6 Å². The summed E-state index contributed by atoms with van der Waals surface area (Å²) in [7, 11) is -5.17. The summed E-state index contributed by atoms with van der Waals surface area (Å²) in [6.45, 7) is 0. The van der Waals surface area contributed by atoms with Gasteiger partial charge in [-0.25, -0.2) is 0 Å². The standard InChI is InChI=1S/Cu.Ni.H2O4S/c;;1-5(2,3)4/h;;(H2,1,2,3,4)/q;+2;/p-2. The average molecular weight is 218 g/mol. The minimum Gasteiger partial charge on any atom is -0.759 e. The summed E-state index contributed by atoms with van der Waals surface area (Å²) < 4.78 is 34.1. The molecular formula is CuNiO4S. The molecule has 0 aromatic heterocycles. The molecular weight excluding hydrogens is 218 g/mol. The van der Waals surface area contributed by atoms with Crippen LogP contribution in [-0.2, 0) is 44.0 Å². The first-order valence-corrected chi connectivity index (χ1v) is 2.00. The Kier molecular flexibility index (Phi) is 11.3. The van der Waals surface area contributed by atoms with Crippen LogP contribution in [-0.4, -0.2) is 17.5 Å². The molecule has 0 saturated heterocycles. The summed E-state index contributed by atoms with van der Waals surface area (Å²) in [6.07, 6.45) is 0. The van der Waals surface area contributed by atoms with E-state index in [4.69, 9.17) is 17.5 Å². The van der Waals surface area contributed by atoms with Crippen LogP contribution in [0.4, 0.5) is 0 Å². The molecule has 0 rings (SSSR count). The van der Waals surface area contributed by atoms with E-state index in [-0.39, 0.29) is 33.6 Å². The van der Waals surface area contributed by atoms with E-state index in [9.17, 15) is 0 Å². The van der Waals surface area contributed by atoms with E-state index >= 15 is 0 Å². The van der Waals surface area contributed by atoms with Crippen LogP contribution < -0.4 is 0 Å². The van der Waals surface area contributed by atoms with Crippen molar-refractivity contribution >= 4 is 10.4 Å². The second-order valence-corrected chi connectivity index (χ2v) is 1.22. The van der Waals surface area contributed by atoms with Crippen molar-refractivity contribution in [2.75, 3.05) is 0 Å². The molecule has 0 fully saturated rings. The quantitative estimate of drug-likeness (QED) is 0.286. The summed E-state index contributed by atoms with van der Waals surface area (Å²) in [5.74, 6) is 0. The summed E-state index contributed by atoms with van der Waals surface area (Å²) >= 11 is 0. The van der Waals surface area contributed by atoms with Crippen LogP contribution in [0.5, 0.6) is 0 Å². The predicted molar refractivity (Wildman–Crippen MR) is 10.5 cm³/mol. The fourth-order valence-electron chi connectivity index (χ4n) is 0. The molecule has 0 unspecified atom stereocenters. The van der Waals surface area contributed by atoms with Crippen LogP contribution >= 0.6 is 0 Å². The van der Waals surface area contributed by atoms with Crippen molar-refractivity contribution in [3.8, 4) is 0 Å². The monoisotopic (exact) mass is 217 g/mol. The van der Waals surface area contributed by atoms with Crippen LogP contribution in [0.15, 0.2) is 0 Å². The molecule has 0 atom stereocenters. The van der Waals surface area contributed by atoms with E-state index in [1.54, 1.807) is 0 Å². The van der Waals surface area contributed by atoms with Crippen molar-refractivity contribution in [3.63, 3.8) is 0 Å². The molecule has 0 aromatic rings. The third-order valence-corrected chi connectivity index (χ3v) is 0. The van der Waals surface area contributed by atoms with Gasteiger partial charge >= 0.3 is 16.5 Å². The Balaban J connectivity index is -0.0000000800. The van der Waals surface area contributed by atoms with Crippen LogP contribution in [0.25, 0.3) is 0 Å². The Morgan fingerprint density at radius 3 is 1.14 bits per heavy atom. The summed E-state index contributed by atoms with van der Waals surface area (Å²) in [4.78, 5) is 0. The zero-order valence-electron chi connectivity index (χ0n) is 2.66. The van der Waals surface area contributed by atoms with Crippen molar-refractivity contribution in [1.82, 2.24) is 0 Å². The van der Waals surface area contributed by atoms with Crippen LogP contribution in [0.3, 0.4) is 0 Å². The molecule has 7 heteroatoms. The molecule has 0 aliphatic rings. The van der Waals surface area contributed by atoms with Gasteiger partial charge in [0.1, 0.15) is 0 Å². The number of rotatable bonds is 0. The van der Waals surface area contributed by atoms with Crippen molar-refractivity contribution in [2.45, 2.75) is 0 Å². The fourth-order valence-corrected chi connectivity index (χ4v) is 0. The molecule has 0 spiro atoms. The van der Waals surface area contributed by atoms with E-state index < -0.39 is 10.4 Å². The van der Waals surface area contributed by atoms with Crippen molar-refractivity contribution < 1.29 is 51.1 Å². The average Bonchev–Trinajstić information content (AvgIpc) is 0.722. The molecule has 0 saturated carbocycles. The van der Waals surface area contributed by atoms with Gasteiger partial charge in [-0.05, 0) is 0 Å². The van der Waals surface area contributed by atoms with Crippen LogP contribution in [0, 0.1) is 0 Å². The molecule has 0 N–H and O–H groups in total. The molecule has 1 radical (unpaired) electrons. The Morgan fingerprint density at radius 2 is 1.14 bits per heavy atom. The number of hydrogen-bond donors (Lipinski definition) is 0. The fraction of sp³-hybridized carbons (Fsp3) is 0. The van der Waals surface area contributed by atoms with Gasteiger partial charge in [-0.2, -0.15) is 0 Å². The summed E-state index contributed by atoms with van der Waals surface area (Å²) in [6, 6.07) is 0. The maximum absolute atomic E-state index is 8.52. The predicted octanol–water partition coefficient (Wildman–Crippen LogP) is -1.34. The van der Waals surface area contributed by atoms with Gasteiger partial charge in [0.15, 0.2) is 0 Å². The summed E-state index contributed by atoms with van der Waals surface area (Å²) in [5, 5.41) is 0. The zero-order valence-corrected chi connectivity index (χ0v) is 5.40. The molecule has 0 bridgehead atoms. The molecule has 0 heterocycles. The third kappa shape index (κ3) is 210. The third-order valence-electron chi connectivity index (χ3n) is 0. The van der Waals surface area contributed by atoms with Gasteiger partial charge in [-0.3, -0.25) is 8.42 Å². The topological polar surface area (TPSA) is 80.3 Å². The van der Waals surface area contributed by atoms with E-state index in [1.165, 1.54) is 0 Å². The Bertz CT molecular complexity index is 94.9. The maximum Gasteiger partial charge on any atom is 2.00 e. The number of hydrogen-bond acceptors (Lipinski definition) is 4. The smallest absolute Gasteiger partial charge is 0.759 e. The molecule has 0 aliphatic heterocycles. The van der Waals surface area contributed by atoms with Gasteiger partial charge < -0.3 is 9.11 Å². The van der Waals surface area contributed by atoms with Crippen molar-refractivity contribution in [3.05, 3.63) is 0 Å². The van der Waals surface area contributed by atoms with Crippen molar-refractivity contribution in [2.24, 2.45) is 0 Å². The molecule has 4 nitrogen and oxygen atoms in total. The van der Waals surface area contributed by atoms with Crippen LogP contribution in [0.1, 0.15) is 0 Å². The van der Waals surface area contributed by atoms with Gasteiger partial charge in [0.25, 0.3) is 0 Å². The van der Waals surface area contributed by atoms with E-state index in [2.05, 4.69) is 0 Å².